The van der Waals surface area contributed by atoms with Gasteiger partial charge in [0.15, 0.2) is 0 Å². The second-order valence-electron chi connectivity index (χ2n) is 4.22. The summed E-state index contributed by atoms with van der Waals surface area (Å²) in [5.41, 5.74) is 9.02. The molecule has 2 aromatic carbocycles. The van der Waals surface area contributed by atoms with Crippen LogP contribution >= 0.6 is 0 Å². The van der Waals surface area contributed by atoms with Crippen LogP contribution in [-0.4, -0.2) is 0 Å². The van der Waals surface area contributed by atoms with E-state index in [1.54, 1.807) is 0 Å². The molecule has 0 aliphatic heterocycles. The molecule has 0 unspecified atom stereocenters. The summed E-state index contributed by atoms with van der Waals surface area (Å²) in [4.78, 5) is 0. The lowest BCUT2D eigenvalue weighted by Crippen LogP contribution is -1.97. The number of benzene rings is 2. The maximum absolute atomic E-state index is 5.85. The van der Waals surface area contributed by atoms with Crippen molar-refractivity contribution in [3.63, 3.8) is 0 Å². The maximum atomic E-state index is 5.85. The summed E-state index contributed by atoms with van der Waals surface area (Å²) >= 11 is 0. The van der Waals surface area contributed by atoms with Gasteiger partial charge in [0.25, 0.3) is 0 Å². The van der Waals surface area contributed by atoms with Crippen LogP contribution in [0.3, 0.4) is 0 Å². The predicted octanol–water partition coefficient (Wildman–Crippen LogP) is 3.55. The van der Waals surface area contributed by atoms with Crippen molar-refractivity contribution in [2.45, 2.75) is 20.4 Å². The minimum Gasteiger partial charge on any atom is -0.457 e. The van der Waals surface area contributed by atoms with Gasteiger partial charge < -0.3 is 10.5 Å². The Bertz CT molecular complexity index is 520. The van der Waals surface area contributed by atoms with Gasteiger partial charge in [-0.1, -0.05) is 24.3 Å². The lowest BCUT2D eigenvalue weighted by Gasteiger charge is -2.10. The van der Waals surface area contributed by atoms with Crippen molar-refractivity contribution >= 4 is 0 Å². The van der Waals surface area contributed by atoms with E-state index in [0.29, 0.717) is 6.54 Å². The number of rotatable bonds is 3. The highest BCUT2D eigenvalue weighted by atomic mass is 16.5. The lowest BCUT2D eigenvalue weighted by molar-refractivity contribution is 0.478. The van der Waals surface area contributed by atoms with E-state index < -0.39 is 0 Å². The highest BCUT2D eigenvalue weighted by molar-refractivity contribution is 5.40. The summed E-state index contributed by atoms with van der Waals surface area (Å²) in [5, 5.41) is 0. The quantitative estimate of drug-likeness (QED) is 0.870. The van der Waals surface area contributed by atoms with Gasteiger partial charge >= 0.3 is 0 Å². The molecule has 2 rings (SSSR count). The van der Waals surface area contributed by atoms with Crippen molar-refractivity contribution in [3.05, 3.63) is 59.2 Å². The fraction of sp³-hybridized carbons (Fsp3) is 0.200. The Morgan fingerprint density at radius 1 is 1.06 bits per heavy atom. The van der Waals surface area contributed by atoms with E-state index in [0.717, 1.165) is 22.6 Å². The van der Waals surface area contributed by atoms with Crippen molar-refractivity contribution in [1.29, 1.82) is 0 Å². The lowest BCUT2D eigenvalue weighted by atomic mass is 10.1. The Labute approximate surface area is 102 Å². The predicted molar refractivity (Wildman–Crippen MR) is 70.3 cm³/mol. The van der Waals surface area contributed by atoms with Crippen LogP contribution in [0, 0.1) is 13.8 Å². The molecule has 0 bridgehead atoms. The van der Waals surface area contributed by atoms with Gasteiger partial charge in [-0.25, -0.2) is 0 Å². The van der Waals surface area contributed by atoms with Crippen LogP contribution in [-0.2, 0) is 6.54 Å². The van der Waals surface area contributed by atoms with Crippen LogP contribution in [0.25, 0.3) is 0 Å². The zero-order valence-corrected chi connectivity index (χ0v) is 10.2. The highest BCUT2D eigenvalue weighted by Gasteiger charge is 2.02. The molecule has 88 valence electrons. The summed E-state index contributed by atoms with van der Waals surface area (Å²) in [6.45, 7) is 4.65. The minimum absolute atomic E-state index is 0.561. The highest BCUT2D eigenvalue weighted by Crippen LogP contribution is 2.26. The van der Waals surface area contributed by atoms with Crippen molar-refractivity contribution in [1.82, 2.24) is 0 Å². The molecule has 2 nitrogen and oxygen atoms in total. The Morgan fingerprint density at radius 3 is 2.53 bits per heavy atom. The maximum Gasteiger partial charge on any atom is 0.130 e. The Balaban J connectivity index is 2.24. The number of nitrogens with two attached hydrogens (primary N) is 1. The molecule has 17 heavy (non-hydrogen) atoms. The minimum atomic E-state index is 0.561. The molecule has 0 aliphatic rings. The smallest absolute Gasteiger partial charge is 0.130 e. The molecule has 0 radical (unpaired) electrons. The summed E-state index contributed by atoms with van der Waals surface area (Å²) in [5.74, 6) is 1.75. The van der Waals surface area contributed by atoms with Gasteiger partial charge in [-0.3, -0.25) is 0 Å². The van der Waals surface area contributed by atoms with E-state index >= 15 is 0 Å². The SMILES string of the molecule is Cc1cccc(Oc2ccc(CN)cc2C)c1. The van der Waals surface area contributed by atoms with Gasteiger partial charge in [0.1, 0.15) is 11.5 Å². The average Bonchev–Trinajstić information content (AvgIpc) is 2.32. The van der Waals surface area contributed by atoms with Gasteiger partial charge in [0, 0.05) is 6.54 Å². The van der Waals surface area contributed by atoms with E-state index in [4.69, 9.17) is 10.5 Å². The van der Waals surface area contributed by atoms with Crippen molar-refractivity contribution in [2.75, 3.05) is 0 Å². The summed E-state index contributed by atoms with van der Waals surface area (Å²) < 4.78 is 5.85. The number of hydrogen-bond acceptors (Lipinski definition) is 2. The van der Waals surface area contributed by atoms with Crippen molar-refractivity contribution in [2.24, 2.45) is 5.73 Å². The standard InChI is InChI=1S/C15H17NO/c1-11-4-3-5-14(8-11)17-15-7-6-13(10-16)9-12(15)2/h3-9H,10,16H2,1-2H3. The molecular weight excluding hydrogens is 210 g/mol. The molecule has 2 heteroatoms. The van der Waals surface area contributed by atoms with Gasteiger partial charge in [0.05, 0.1) is 0 Å². The van der Waals surface area contributed by atoms with Crippen LogP contribution in [0.5, 0.6) is 11.5 Å². The largest absolute Gasteiger partial charge is 0.457 e. The number of aryl methyl sites for hydroxylation is 2. The van der Waals surface area contributed by atoms with Gasteiger partial charge in [-0.05, 0) is 48.7 Å². The molecule has 0 saturated carbocycles. The molecular formula is C15H17NO. The van der Waals surface area contributed by atoms with E-state index in [1.165, 1.54) is 5.56 Å². The van der Waals surface area contributed by atoms with Crippen LogP contribution in [0.1, 0.15) is 16.7 Å². The molecule has 0 atom stereocenters. The molecule has 0 amide bonds. The first-order valence-corrected chi connectivity index (χ1v) is 5.73. The molecule has 0 heterocycles. The Kier molecular flexibility index (Phi) is 3.45. The topological polar surface area (TPSA) is 35.2 Å². The van der Waals surface area contributed by atoms with Crippen molar-refractivity contribution < 1.29 is 4.74 Å². The first-order chi connectivity index (χ1) is 8.19. The zero-order valence-electron chi connectivity index (χ0n) is 10.2. The molecule has 0 aromatic heterocycles. The average molecular weight is 227 g/mol. The van der Waals surface area contributed by atoms with Crippen LogP contribution in [0.15, 0.2) is 42.5 Å². The van der Waals surface area contributed by atoms with E-state index in [1.807, 2.05) is 37.3 Å². The normalized spacial score (nSPS) is 10.3. The third-order valence-corrected chi connectivity index (χ3v) is 2.69. The Morgan fingerprint density at radius 2 is 1.88 bits per heavy atom. The van der Waals surface area contributed by atoms with Crippen LogP contribution < -0.4 is 10.5 Å². The molecule has 2 aromatic rings. The first-order valence-electron chi connectivity index (χ1n) is 5.73. The van der Waals surface area contributed by atoms with E-state index in [2.05, 4.69) is 19.1 Å². The van der Waals surface area contributed by atoms with Gasteiger partial charge in [-0.2, -0.15) is 0 Å². The van der Waals surface area contributed by atoms with Crippen LogP contribution in [0.4, 0.5) is 0 Å². The fourth-order valence-corrected chi connectivity index (χ4v) is 1.76. The second-order valence-corrected chi connectivity index (χ2v) is 4.22. The first kappa shape index (κ1) is 11.7. The number of hydrogen-bond donors (Lipinski definition) is 1. The summed E-state index contributed by atoms with van der Waals surface area (Å²) in [6.07, 6.45) is 0. The van der Waals surface area contributed by atoms with E-state index in [-0.39, 0.29) is 0 Å². The molecule has 0 spiro atoms. The summed E-state index contributed by atoms with van der Waals surface area (Å²) in [6, 6.07) is 14.1. The van der Waals surface area contributed by atoms with Gasteiger partial charge in [-0.15, -0.1) is 0 Å². The second kappa shape index (κ2) is 5.02. The van der Waals surface area contributed by atoms with E-state index in [9.17, 15) is 0 Å². The molecule has 0 fully saturated rings. The third kappa shape index (κ3) is 2.86. The van der Waals surface area contributed by atoms with Crippen LogP contribution in [0.2, 0.25) is 0 Å². The number of ether oxygens (including phenoxy) is 1. The molecule has 0 saturated heterocycles. The van der Waals surface area contributed by atoms with Crippen molar-refractivity contribution in [3.8, 4) is 11.5 Å². The molecule has 2 N–H and O–H groups in total. The molecule has 0 aliphatic carbocycles. The summed E-state index contributed by atoms with van der Waals surface area (Å²) in [7, 11) is 0. The Hall–Kier alpha value is -1.80. The monoisotopic (exact) mass is 227 g/mol. The zero-order chi connectivity index (χ0) is 12.3. The van der Waals surface area contributed by atoms with Gasteiger partial charge in [0.2, 0.25) is 0 Å². The fourth-order valence-electron chi connectivity index (χ4n) is 1.76. The third-order valence-electron chi connectivity index (χ3n) is 2.69.